The summed E-state index contributed by atoms with van der Waals surface area (Å²) in [6, 6.07) is -1.46. The number of alkyl carbamates (subject to hydrolysis) is 1. The highest BCUT2D eigenvalue weighted by atomic mass is 16.5. The summed E-state index contributed by atoms with van der Waals surface area (Å²) in [7, 11) is 1.48. The lowest BCUT2D eigenvalue weighted by Gasteiger charge is -2.23. The van der Waals surface area contributed by atoms with Crippen molar-refractivity contribution in [3.05, 3.63) is 12.7 Å². The molecule has 0 unspecified atom stereocenters. The lowest BCUT2D eigenvalue weighted by molar-refractivity contribution is -0.129. The first-order chi connectivity index (χ1) is 9.33. The van der Waals surface area contributed by atoms with Crippen molar-refractivity contribution in [3.63, 3.8) is 0 Å². The van der Waals surface area contributed by atoms with Gasteiger partial charge in [0.05, 0.1) is 0 Å². The predicted octanol–water partition coefficient (Wildman–Crippen LogP) is 0.174. The predicted molar refractivity (Wildman–Crippen MR) is 75.0 cm³/mol. The van der Waals surface area contributed by atoms with Gasteiger partial charge in [-0.3, -0.25) is 9.59 Å². The Labute approximate surface area is 119 Å². The molecule has 7 heteroatoms. The van der Waals surface area contributed by atoms with Crippen LogP contribution >= 0.6 is 0 Å². The Bertz CT molecular complexity index is 369. The van der Waals surface area contributed by atoms with E-state index in [0.717, 1.165) is 0 Å². The van der Waals surface area contributed by atoms with E-state index in [0.29, 0.717) is 0 Å². The molecule has 3 N–H and O–H groups in total. The van der Waals surface area contributed by atoms with Crippen molar-refractivity contribution >= 4 is 17.9 Å². The van der Waals surface area contributed by atoms with Gasteiger partial charge in [0.15, 0.2) is 0 Å². The summed E-state index contributed by atoms with van der Waals surface area (Å²) in [4.78, 5) is 34.9. The summed E-state index contributed by atoms with van der Waals surface area (Å²) in [5.74, 6) is -0.898. The second-order valence-corrected chi connectivity index (χ2v) is 4.60. The van der Waals surface area contributed by atoms with E-state index in [1.807, 2.05) is 0 Å². The Kier molecular flexibility index (Phi) is 8.03. The van der Waals surface area contributed by atoms with Crippen LogP contribution in [0.1, 0.15) is 20.8 Å². The number of likely N-dealkylation sites (N-methyl/N-ethyl adjacent to an activating group) is 1. The largest absolute Gasteiger partial charge is 0.445 e. The Hall–Kier alpha value is -2.05. The van der Waals surface area contributed by atoms with Crippen LogP contribution in [0.25, 0.3) is 0 Å². The topological polar surface area (TPSA) is 96.5 Å². The second kappa shape index (κ2) is 8.95. The van der Waals surface area contributed by atoms with Gasteiger partial charge < -0.3 is 20.7 Å². The van der Waals surface area contributed by atoms with Crippen LogP contribution in [0, 0.1) is 5.92 Å². The van der Waals surface area contributed by atoms with Crippen LogP contribution in [0.5, 0.6) is 0 Å². The van der Waals surface area contributed by atoms with Crippen LogP contribution in [0.4, 0.5) is 4.79 Å². The molecule has 0 aliphatic carbocycles. The van der Waals surface area contributed by atoms with Crippen LogP contribution in [0.15, 0.2) is 12.7 Å². The molecule has 20 heavy (non-hydrogen) atoms. The molecule has 0 radical (unpaired) electrons. The smallest absolute Gasteiger partial charge is 0.408 e. The standard InChI is InChI=1S/C13H23N3O4/c1-6-7-20-13(19)16-10(8(2)3)12(18)15-9(4)11(17)14-5/h6,8-10H,1,7H2,2-5H3,(H,14,17)(H,15,18)(H,16,19)/t9-,10-/m0/s1. The zero-order valence-electron chi connectivity index (χ0n) is 12.4. The number of ether oxygens (including phenoxy) is 1. The fourth-order valence-electron chi connectivity index (χ4n) is 1.42. The van der Waals surface area contributed by atoms with Gasteiger partial charge in [-0.25, -0.2) is 4.79 Å². The highest BCUT2D eigenvalue weighted by Crippen LogP contribution is 2.03. The van der Waals surface area contributed by atoms with Crippen LogP contribution in [0.2, 0.25) is 0 Å². The van der Waals surface area contributed by atoms with Crippen molar-refractivity contribution in [3.8, 4) is 0 Å². The van der Waals surface area contributed by atoms with Gasteiger partial charge in [-0.1, -0.05) is 26.5 Å². The molecule has 0 saturated carbocycles. The van der Waals surface area contributed by atoms with Crippen molar-refractivity contribution in [2.24, 2.45) is 5.92 Å². The van der Waals surface area contributed by atoms with Crippen molar-refractivity contribution < 1.29 is 19.1 Å². The molecule has 0 aromatic heterocycles. The molecule has 0 heterocycles. The molecule has 0 aliphatic rings. The average molecular weight is 285 g/mol. The monoisotopic (exact) mass is 285 g/mol. The molecule has 0 rings (SSSR count). The summed E-state index contributed by atoms with van der Waals surface area (Å²) in [6.07, 6.45) is 0.726. The van der Waals surface area contributed by atoms with Crippen LogP contribution < -0.4 is 16.0 Å². The van der Waals surface area contributed by atoms with E-state index in [4.69, 9.17) is 4.74 Å². The van der Waals surface area contributed by atoms with Crippen molar-refractivity contribution in [1.82, 2.24) is 16.0 Å². The van der Waals surface area contributed by atoms with Crippen molar-refractivity contribution in [1.29, 1.82) is 0 Å². The summed E-state index contributed by atoms with van der Waals surface area (Å²) < 4.78 is 4.77. The van der Waals surface area contributed by atoms with E-state index in [9.17, 15) is 14.4 Å². The fraction of sp³-hybridized carbons (Fsp3) is 0.615. The van der Waals surface area contributed by atoms with Gasteiger partial charge in [0, 0.05) is 7.05 Å². The van der Waals surface area contributed by atoms with Crippen molar-refractivity contribution in [2.45, 2.75) is 32.9 Å². The molecule has 0 spiro atoms. The third-order valence-corrected chi connectivity index (χ3v) is 2.55. The number of hydrogen-bond acceptors (Lipinski definition) is 4. The first kappa shape index (κ1) is 17.9. The zero-order valence-corrected chi connectivity index (χ0v) is 12.4. The minimum Gasteiger partial charge on any atom is -0.445 e. The Morgan fingerprint density at radius 1 is 1.15 bits per heavy atom. The molecule has 0 aliphatic heterocycles. The van der Waals surface area contributed by atoms with Gasteiger partial charge in [0.25, 0.3) is 0 Å². The van der Waals surface area contributed by atoms with Crippen molar-refractivity contribution in [2.75, 3.05) is 13.7 Å². The van der Waals surface area contributed by atoms with E-state index in [-0.39, 0.29) is 18.4 Å². The van der Waals surface area contributed by atoms with E-state index >= 15 is 0 Å². The highest BCUT2D eigenvalue weighted by Gasteiger charge is 2.27. The van der Waals surface area contributed by atoms with Gasteiger partial charge in [-0.15, -0.1) is 0 Å². The summed E-state index contributed by atoms with van der Waals surface area (Å²) in [6.45, 7) is 8.60. The molecular weight excluding hydrogens is 262 g/mol. The highest BCUT2D eigenvalue weighted by molar-refractivity contribution is 5.91. The maximum Gasteiger partial charge on any atom is 0.408 e. The van der Waals surface area contributed by atoms with Gasteiger partial charge in [0.2, 0.25) is 11.8 Å². The van der Waals surface area contributed by atoms with Gasteiger partial charge in [-0.2, -0.15) is 0 Å². The molecule has 0 aromatic carbocycles. The lowest BCUT2D eigenvalue weighted by Crippen LogP contribution is -2.54. The Balaban J connectivity index is 4.58. The lowest BCUT2D eigenvalue weighted by atomic mass is 10.0. The summed E-state index contributed by atoms with van der Waals surface area (Å²) in [5, 5.41) is 7.42. The second-order valence-electron chi connectivity index (χ2n) is 4.60. The Morgan fingerprint density at radius 3 is 2.20 bits per heavy atom. The first-order valence-corrected chi connectivity index (χ1v) is 6.39. The van der Waals surface area contributed by atoms with Gasteiger partial charge in [-0.05, 0) is 12.8 Å². The van der Waals surface area contributed by atoms with Gasteiger partial charge in [0.1, 0.15) is 18.7 Å². The fourth-order valence-corrected chi connectivity index (χ4v) is 1.42. The molecule has 7 nitrogen and oxygen atoms in total. The van der Waals surface area contributed by atoms with E-state index in [1.165, 1.54) is 13.1 Å². The SMILES string of the molecule is C=CCOC(=O)N[C@H](C(=O)N[C@@H](C)C(=O)NC)C(C)C. The molecular formula is C13H23N3O4. The molecule has 0 aromatic rings. The molecule has 0 fully saturated rings. The number of amides is 3. The molecule has 0 bridgehead atoms. The number of hydrogen-bond donors (Lipinski definition) is 3. The number of carbonyl (C=O) groups excluding carboxylic acids is 3. The quantitative estimate of drug-likeness (QED) is 0.581. The van der Waals surface area contributed by atoms with Crippen LogP contribution in [-0.2, 0) is 14.3 Å². The number of rotatable bonds is 7. The minimum atomic E-state index is -0.778. The Morgan fingerprint density at radius 2 is 1.75 bits per heavy atom. The molecule has 0 saturated heterocycles. The van der Waals surface area contributed by atoms with Gasteiger partial charge >= 0.3 is 6.09 Å². The maximum atomic E-state index is 12.0. The van der Waals surface area contributed by atoms with E-state index in [1.54, 1.807) is 20.8 Å². The van der Waals surface area contributed by atoms with Crippen LogP contribution in [0.3, 0.4) is 0 Å². The number of nitrogens with one attached hydrogen (secondary N) is 3. The van der Waals surface area contributed by atoms with E-state index in [2.05, 4.69) is 22.5 Å². The molecule has 3 amide bonds. The third kappa shape index (κ3) is 6.21. The van der Waals surface area contributed by atoms with E-state index < -0.39 is 24.1 Å². The minimum absolute atomic E-state index is 0.0624. The summed E-state index contributed by atoms with van der Waals surface area (Å²) >= 11 is 0. The van der Waals surface area contributed by atoms with Crippen LogP contribution in [-0.4, -0.2) is 43.6 Å². The molecule has 2 atom stereocenters. The zero-order chi connectivity index (χ0) is 15.7. The first-order valence-electron chi connectivity index (χ1n) is 6.39. The summed E-state index contributed by atoms with van der Waals surface area (Å²) in [5.41, 5.74) is 0. The average Bonchev–Trinajstić information content (AvgIpc) is 2.40. The maximum absolute atomic E-state index is 12.0. The third-order valence-electron chi connectivity index (χ3n) is 2.55. The normalized spacial score (nSPS) is 13.1. The number of carbonyl (C=O) groups is 3. The molecule has 114 valence electrons.